The molecule has 0 fully saturated rings. The number of anilines is 2. The fourth-order valence-corrected chi connectivity index (χ4v) is 4.17. The van der Waals surface area contributed by atoms with Crippen molar-refractivity contribution >= 4 is 28.8 Å². The van der Waals surface area contributed by atoms with Crippen molar-refractivity contribution in [1.82, 2.24) is 19.3 Å². The first-order valence-corrected chi connectivity index (χ1v) is 11.4. The predicted molar refractivity (Wildman–Crippen MR) is 134 cm³/mol. The number of aromatic nitrogens is 3. The van der Waals surface area contributed by atoms with Gasteiger partial charge in [-0.3, -0.25) is 14.2 Å². The molecule has 4 aromatic rings. The first-order valence-electron chi connectivity index (χ1n) is 11.4. The van der Waals surface area contributed by atoms with Crippen LogP contribution in [0.2, 0.25) is 0 Å². The lowest BCUT2D eigenvalue weighted by molar-refractivity contribution is -0.132. The van der Waals surface area contributed by atoms with Crippen molar-refractivity contribution in [2.45, 2.75) is 12.8 Å². The molecule has 2 aromatic carbocycles. The van der Waals surface area contributed by atoms with Crippen LogP contribution in [0.5, 0.6) is 5.75 Å². The summed E-state index contributed by atoms with van der Waals surface area (Å²) in [6.45, 7) is 0.0852. The smallest absolute Gasteiger partial charge is 0.260 e. The number of hydrogen-bond donors (Lipinski definition) is 3. The quantitative estimate of drug-likeness (QED) is 0.364. The highest BCUT2D eigenvalue weighted by Crippen LogP contribution is 2.33. The number of rotatable bonds is 8. The number of hydrogen-bond acceptors (Lipinski definition) is 7. The molecule has 0 spiro atoms. The van der Waals surface area contributed by atoms with Gasteiger partial charge in [-0.1, -0.05) is 6.07 Å². The molecule has 0 radical (unpaired) electrons. The van der Waals surface area contributed by atoms with Crippen LogP contribution in [0.4, 0.5) is 11.5 Å². The van der Waals surface area contributed by atoms with Gasteiger partial charge in [0.25, 0.3) is 5.91 Å². The van der Waals surface area contributed by atoms with E-state index in [1.165, 1.54) is 10.5 Å². The number of amides is 1. The average molecular weight is 471 g/mol. The van der Waals surface area contributed by atoms with Crippen molar-refractivity contribution in [3.05, 3.63) is 72.2 Å². The van der Waals surface area contributed by atoms with Crippen LogP contribution in [-0.4, -0.2) is 62.8 Å². The maximum Gasteiger partial charge on any atom is 0.260 e. The summed E-state index contributed by atoms with van der Waals surface area (Å²) in [5.74, 6) is 1.18. The molecule has 1 aliphatic carbocycles. The normalized spacial score (nSPS) is 12.6. The molecule has 2 heterocycles. The van der Waals surface area contributed by atoms with Crippen LogP contribution in [0.3, 0.4) is 0 Å². The molecule has 9 nitrogen and oxygen atoms in total. The predicted octanol–water partition coefficient (Wildman–Crippen LogP) is 3.28. The van der Waals surface area contributed by atoms with Crippen molar-refractivity contribution in [3.8, 4) is 17.0 Å². The van der Waals surface area contributed by atoms with Crippen molar-refractivity contribution in [2.75, 3.05) is 32.1 Å². The lowest BCUT2D eigenvalue weighted by Gasteiger charge is -2.16. The summed E-state index contributed by atoms with van der Waals surface area (Å²) in [7, 11) is 1.63. The van der Waals surface area contributed by atoms with Crippen LogP contribution in [0.25, 0.3) is 16.9 Å². The zero-order valence-electron chi connectivity index (χ0n) is 19.4. The summed E-state index contributed by atoms with van der Waals surface area (Å²) in [5.41, 5.74) is 6.19. The molecule has 2 aromatic heterocycles. The molecular weight excluding hydrogens is 444 g/mol. The van der Waals surface area contributed by atoms with Gasteiger partial charge in [-0.2, -0.15) is 0 Å². The number of likely N-dealkylation sites (N-methyl/N-ethyl adjacent to an activating group) is 1. The number of ether oxygens (including phenoxy) is 1. The van der Waals surface area contributed by atoms with E-state index in [1.54, 1.807) is 19.4 Å². The first kappa shape index (κ1) is 22.5. The number of carbonyl (C=O) groups excluding carboxylic acids is 1. The Kier molecular flexibility index (Phi) is 6.15. The minimum atomic E-state index is -0.202. The SMILES string of the molecule is CN(CCO)C(=O)COc1ccc(-c2nc3cnccn3c2Nc2ccc3c(c2)CCC3=N)cc1. The second-order valence-electron chi connectivity index (χ2n) is 8.44. The van der Waals surface area contributed by atoms with Gasteiger partial charge >= 0.3 is 0 Å². The van der Waals surface area contributed by atoms with Crippen LogP contribution < -0.4 is 10.1 Å². The Labute approximate surface area is 202 Å². The van der Waals surface area contributed by atoms with Gasteiger partial charge in [-0.05, 0) is 60.4 Å². The lowest BCUT2D eigenvalue weighted by Crippen LogP contribution is -2.33. The molecule has 1 aliphatic rings. The molecule has 5 rings (SSSR count). The van der Waals surface area contributed by atoms with Crippen LogP contribution in [0.15, 0.2) is 61.1 Å². The molecule has 3 N–H and O–H groups in total. The van der Waals surface area contributed by atoms with Gasteiger partial charge in [0.05, 0.1) is 12.8 Å². The minimum absolute atomic E-state index is 0.0863. The molecule has 0 atom stereocenters. The van der Waals surface area contributed by atoms with E-state index >= 15 is 0 Å². The maximum absolute atomic E-state index is 12.1. The molecule has 9 heteroatoms. The van der Waals surface area contributed by atoms with E-state index in [9.17, 15) is 4.79 Å². The third-order valence-corrected chi connectivity index (χ3v) is 6.12. The van der Waals surface area contributed by atoms with Gasteiger partial charge in [0.1, 0.15) is 17.3 Å². The lowest BCUT2D eigenvalue weighted by atomic mass is 10.1. The van der Waals surface area contributed by atoms with E-state index < -0.39 is 0 Å². The van der Waals surface area contributed by atoms with Gasteiger partial charge in [0.15, 0.2) is 12.3 Å². The highest BCUT2D eigenvalue weighted by Gasteiger charge is 2.19. The number of aliphatic hydroxyl groups is 1. The van der Waals surface area contributed by atoms with Gasteiger partial charge in [0, 0.05) is 42.9 Å². The number of carbonyl (C=O) groups is 1. The van der Waals surface area contributed by atoms with E-state index in [4.69, 9.17) is 20.2 Å². The van der Waals surface area contributed by atoms with Crippen molar-refractivity contribution in [1.29, 1.82) is 5.41 Å². The van der Waals surface area contributed by atoms with E-state index in [0.717, 1.165) is 41.2 Å². The van der Waals surface area contributed by atoms with Crippen LogP contribution >= 0.6 is 0 Å². The highest BCUT2D eigenvalue weighted by atomic mass is 16.5. The number of fused-ring (bicyclic) bond motifs is 2. The number of benzene rings is 2. The third kappa shape index (κ3) is 4.58. The van der Waals surface area contributed by atoms with Crippen molar-refractivity contribution in [2.24, 2.45) is 0 Å². The van der Waals surface area contributed by atoms with Crippen molar-refractivity contribution in [3.63, 3.8) is 0 Å². The fourth-order valence-electron chi connectivity index (χ4n) is 4.17. The van der Waals surface area contributed by atoms with Crippen LogP contribution in [0.1, 0.15) is 17.5 Å². The largest absolute Gasteiger partial charge is 0.484 e. The maximum atomic E-state index is 12.1. The number of imidazole rings is 1. The monoisotopic (exact) mass is 470 g/mol. The Morgan fingerprint density at radius 2 is 2.06 bits per heavy atom. The number of aliphatic hydroxyl groups excluding tert-OH is 1. The Balaban J connectivity index is 1.40. The summed E-state index contributed by atoms with van der Waals surface area (Å²) in [4.78, 5) is 22.5. The Bertz CT molecular complexity index is 1400. The molecule has 0 unspecified atom stereocenters. The summed E-state index contributed by atoms with van der Waals surface area (Å²) >= 11 is 0. The molecular formula is C26H26N6O3. The Morgan fingerprint density at radius 1 is 1.23 bits per heavy atom. The molecule has 1 amide bonds. The average Bonchev–Trinajstić information content (AvgIpc) is 3.43. The molecule has 178 valence electrons. The van der Waals surface area contributed by atoms with E-state index in [1.807, 2.05) is 47.0 Å². The summed E-state index contributed by atoms with van der Waals surface area (Å²) in [6.07, 6.45) is 6.96. The minimum Gasteiger partial charge on any atom is -0.484 e. The summed E-state index contributed by atoms with van der Waals surface area (Å²) in [6, 6.07) is 13.5. The molecule has 0 bridgehead atoms. The second kappa shape index (κ2) is 9.55. The van der Waals surface area contributed by atoms with Crippen molar-refractivity contribution < 1.29 is 14.6 Å². The Hall–Kier alpha value is -4.24. The van der Waals surface area contributed by atoms with Gasteiger partial charge in [0.2, 0.25) is 0 Å². The second-order valence-corrected chi connectivity index (χ2v) is 8.44. The molecule has 0 saturated heterocycles. The van der Waals surface area contributed by atoms with E-state index in [2.05, 4.69) is 16.4 Å². The highest BCUT2D eigenvalue weighted by molar-refractivity contribution is 6.02. The van der Waals surface area contributed by atoms with Gasteiger partial charge < -0.3 is 25.5 Å². The first-order chi connectivity index (χ1) is 17.0. The number of nitrogens with zero attached hydrogens (tertiary/aromatic N) is 4. The fraction of sp³-hybridized carbons (Fsp3) is 0.231. The molecule has 35 heavy (non-hydrogen) atoms. The van der Waals surface area contributed by atoms with Gasteiger partial charge in [-0.15, -0.1) is 0 Å². The summed E-state index contributed by atoms with van der Waals surface area (Å²) in [5, 5.41) is 20.6. The Morgan fingerprint density at radius 3 is 2.86 bits per heavy atom. The number of aryl methyl sites for hydroxylation is 1. The molecule has 0 aliphatic heterocycles. The zero-order chi connectivity index (χ0) is 24.4. The summed E-state index contributed by atoms with van der Waals surface area (Å²) < 4.78 is 7.58. The van der Waals surface area contributed by atoms with Crippen LogP contribution in [0, 0.1) is 5.41 Å². The topological polar surface area (TPSA) is 116 Å². The van der Waals surface area contributed by atoms with E-state index in [0.29, 0.717) is 17.1 Å². The van der Waals surface area contributed by atoms with E-state index in [-0.39, 0.29) is 25.7 Å². The zero-order valence-corrected chi connectivity index (χ0v) is 19.4. The third-order valence-electron chi connectivity index (χ3n) is 6.12. The van der Waals surface area contributed by atoms with Crippen LogP contribution in [-0.2, 0) is 11.2 Å². The standard InChI is InChI=1S/C26H26N6O3/c1-31(12-13-33)24(34)16-35-20-6-2-17(3-7-20)25-26(32-11-10-28-15-23(32)30-25)29-19-5-8-21-18(14-19)4-9-22(21)27/h2-3,5-8,10-11,14-15,27,29,33H,4,9,12-13,16H2,1H3. The van der Waals surface area contributed by atoms with Gasteiger partial charge in [-0.25, -0.2) is 4.98 Å². The number of nitrogens with one attached hydrogen (secondary N) is 2. The molecule has 0 saturated carbocycles.